The molecule has 4 aromatic rings. The molecule has 0 aliphatic heterocycles. The van der Waals surface area contributed by atoms with Crippen molar-refractivity contribution in [3.05, 3.63) is 64.3 Å². The number of anilines is 2. The molecular weight excluding hydrogens is 412 g/mol. The van der Waals surface area contributed by atoms with Gasteiger partial charge in [0.05, 0.1) is 16.2 Å². The lowest BCUT2D eigenvalue weighted by Crippen LogP contribution is -2.23. The number of rotatable bonds is 5. The van der Waals surface area contributed by atoms with Gasteiger partial charge in [0.15, 0.2) is 5.16 Å². The normalized spacial score (nSPS) is 12.1. The van der Waals surface area contributed by atoms with E-state index in [-0.39, 0.29) is 16.8 Å². The molecule has 0 spiro atoms. The van der Waals surface area contributed by atoms with Crippen molar-refractivity contribution < 1.29 is 0 Å². The van der Waals surface area contributed by atoms with Crippen LogP contribution in [0.25, 0.3) is 16.7 Å². The molecule has 0 saturated heterocycles. The molecule has 0 amide bonds. The average Bonchev–Trinajstić information content (AvgIpc) is 2.73. The first kappa shape index (κ1) is 20.7. The average molecular weight is 435 g/mol. The standard InChI is InChI=1S/C21H22N8OS/c1-12-9-10-23-16(11-12)29-18(30)14-7-5-6-8-15(14)24-21(29)31-13(2)17-25-19(22)27-20(26-17)28(3)4/h5-11,13H,1-4H3,(H2,22,25,26,27)/t13-/m0/s1. The summed E-state index contributed by atoms with van der Waals surface area (Å²) in [5.41, 5.74) is 7.32. The minimum absolute atomic E-state index is 0.144. The van der Waals surface area contributed by atoms with Crippen LogP contribution in [0.5, 0.6) is 0 Å². The maximum absolute atomic E-state index is 13.4. The Morgan fingerprint density at radius 2 is 1.87 bits per heavy atom. The lowest BCUT2D eigenvalue weighted by atomic mass is 10.2. The highest BCUT2D eigenvalue weighted by molar-refractivity contribution is 7.99. The Labute approximate surface area is 183 Å². The van der Waals surface area contributed by atoms with Crippen LogP contribution in [0.2, 0.25) is 0 Å². The Morgan fingerprint density at radius 1 is 1.10 bits per heavy atom. The van der Waals surface area contributed by atoms with Crippen molar-refractivity contribution in [1.29, 1.82) is 0 Å². The molecule has 0 unspecified atom stereocenters. The molecule has 2 N–H and O–H groups in total. The lowest BCUT2D eigenvalue weighted by molar-refractivity contribution is 0.785. The van der Waals surface area contributed by atoms with Gasteiger partial charge < -0.3 is 10.6 Å². The predicted octanol–water partition coefficient (Wildman–Crippen LogP) is 2.78. The second kappa shape index (κ2) is 8.31. The molecule has 1 atom stereocenters. The summed E-state index contributed by atoms with van der Waals surface area (Å²) >= 11 is 1.37. The van der Waals surface area contributed by atoms with E-state index in [0.29, 0.717) is 33.6 Å². The van der Waals surface area contributed by atoms with E-state index >= 15 is 0 Å². The van der Waals surface area contributed by atoms with Gasteiger partial charge in [-0.2, -0.15) is 15.0 Å². The van der Waals surface area contributed by atoms with Crippen LogP contribution in [0.1, 0.15) is 23.6 Å². The second-order valence-electron chi connectivity index (χ2n) is 7.25. The van der Waals surface area contributed by atoms with Crippen LogP contribution in [0.3, 0.4) is 0 Å². The van der Waals surface area contributed by atoms with Gasteiger partial charge in [-0.25, -0.2) is 14.5 Å². The molecule has 0 saturated carbocycles. The molecule has 0 bridgehead atoms. The van der Waals surface area contributed by atoms with Gasteiger partial charge in [-0.1, -0.05) is 23.9 Å². The maximum atomic E-state index is 13.4. The minimum Gasteiger partial charge on any atom is -0.368 e. The molecule has 0 aliphatic carbocycles. The SMILES string of the molecule is Cc1ccnc(-n2c(S[C@@H](C)c3nc(N)nc(N(C)C)n3)nc3ccccc3c2=O)c1. The van der Waals surface area contributed by atoms with Gasteiger partial charge in [0, 0.05) is 20.3 Å². The van der Waals surface area contributed by atoms with Crippen molar-refractivity contribution in [1.82, 2.24) is 29.5 Å². The molecule has 0 radical (unpaired) electrons. The van der Waals surface area contributed by atoms with Gasteiger partial charge >= 0.3 is 0 Å². The Kier molecular flexibility index (Phi) is 5.55. The number of pyridine rings is 1. The van der Waals surface area contributed by atoms with Gasteiger partial charge in [0.2, 0.25) is 11.9 Å². The maximum Gasteiger partial charge on any atom is 0.267 e. The fourth-order valence-electron chi connectivity index (χ4n) is 3.03. The molecule has 1 aromatic carbocycles. The van der Waals surface area contributed by atoms with Gasteiger partial charge in [-0.05, 0) is 43.7 Å². The van der Waals surface area contributed by atoms with Crippen LogP contribution in [0, 0.1) is 6.92 Å². The highest BCUT2D eigenvalue weighted by atomic mass is 32.2. The van der Waals surface area contributed by atoms with Gasteiger partial charge in [0.25, 0.3) is 5.56 Å². The molecule has 0 fully saturated rings. The third kappa shape index (κ3) is 4.19. The first-order valence-electron chi connectivity index (χ1n) is 9.63. The summed E-state index contributed by atoms with van der Waals surface area (Å²) in [7, 11) is 3.67. The number of hydrogen-bond acceptors (Lipinski definition) is 9. The third-order valence-electron chi connectivity index (χ3n) is 4.58. The van der Waals surface area contributed by atoms with E-state index in [9.17, 15) is 4.79 Å². The number of benzene rings is 1. The fraction of sp³-hybridized carbons (Fsp3) is 0.238. The number of nitrogen functional groups attached to an aromatic ring is 1. The quantitative estimate of drug-likeness (QED) is 0.374. The van der Waals surface area contributed by atoms with Crippen LogP contribution >= 0.6 is 11.8 Å². The molecule has 0 aliphatic rings. The predicted molar refractivity (Wildman–Crippen MR) is 123 cm³/mol. The zero-order valence-corrected chi connectivity index (χ0v) is 18.5. The Hall–Kier alpha value is -3.53. The summed E-state index contributed by atoms with van der Waals surface area (Å²) in [5.74, 6) is 1.64. The van der Waals surface area contributed by atoms with Crippen molar-refractivity contribution in [2.45, 2.75) is 24.3 Å². The zero-order valence-electron chi connectivity index (χ0n) is 17.6. The largest absolute Gasteiger partial charge is 0.368 e. The summed E-state index contributed by atoms with van der Waals surface area (Å²) < 4.78 is 1.54. The van der Waals surface area contributed by atoms with E-state index in [0.717, 1.165) is 5.56 Å². The van der Waals surface area contributed by atoms with Crippen LogP contribution in [0.4, 0.5) is 11.9 Å². The van der Waals surface area contributed by atoms with E-state index in [1.165, 1.54) is 16.3 Å². The van der Waals surface area contributed by atoms with E-state index in [2.05, 4.69) is 19.9 Å². The van der Waals surface area contributed by atoms with Crippen LogP contribution in [0.15, 0.2) is 52.5 Å². The number of nitrogens with two attached hydrogens (primary N) is 1. The van der Waals surface area contributed by atoms with Gasteiger partial charge in [-0.15, -0.1) is 0 Å². The number of hydrogen-bond donors (Lipinski definition) is 1. The van der Waals surface area contributed by atoms with Crippen molar-refractivity contribution >= 4 is 34.6 Å². The smallest absolute Gasteiger partial charge is 0.267 e. The van der Waals surface area contributed by atoms with Crippen molar-refractivity contribution in [2.24, 2.45) is 0 Å². The number of fused-ring (bicyclic) bond motifs is 1. The molecule has 158 valence electrons. The van der Waals surface area contributed by atoms with Crippen molar-refractivity contribution in [3.63, 3.8) is 0 Å². The van der Waals surface area contributed by atoms with E-state index in [1.54, 1.807) is 17.2 Å². The highest BCUT2D eigenvalue weighted by Gasteiger charge is 2.20. The third-order valence-corrected chi connectivity index (χ3v) is 5.63. The van der Waals surface area contributed by atoms with E-state index in [4.69, 9.17) is 10.7 Å². The first-order valence-corrected chi connectivity index (χ1v) is 10.5. The van der Waals surface area contributed by atoms with Gasteiger partial charge in [-0.3, -0.25) is 4.79 Å². The minimum atomic E-state index is -0.242. The molecule has 3 aromatic heterocycles. The topological polar surface area (TPSA) is 116 Å². The number of aryl methyl sites for hydroxylation is 1. The number of aromatic nitrogens is 6. The summed E-state index contributed by atoms with van der Waals surface area (Å²) in [6.07, 6.45) is 1.68. The number of thioether (sulfide) groups is 1. The monoisotopic (exact) mass is 434 g/mol. The summed E-state index contributed by atoms with van der Waals surface area (Å²) in [6.45, 7) is 3.89. The van der Waals surface area contributed by atoms with Gasteiger partial charge in [0.1, 0.15) is 11.6 Å². The molecule has 3 heterocycles. The number of nitrogens with zero attached hydrogens (tertiary/aromatic N) is 7. The zero-order chi connectivity index (χ0) is 22.1. The second-order valence-corrected chi connectivity index (χ2v) is 8.56. The summed E-state index contributed by atoms with van der Waals surface area (Å²) in [4.78, 5) is 37.3. The summed E-state index contributed by atoms with van der Waals surface area (Å²) in [5, 5.41) is 0.787. The Bertz CT molecular complexity index is 1320. The van der Waals surface area contributed by atoms with Crippen molar-refractivity contribution in [3.8, 4) is 5.82 Å². The molecule has 4 rings (SSSR count). The van der Waals surface area contributed by atoms with E-state index in [1.807, 2.05) is 58.3 Å². The lowest BCUT2D eigenvalue weighted by Gasteiger charge is -2.17. The Morgan fingerprint density at radius 3 is 2.61 bits per heavy atom. The highest BCUT2D eigenvalue weighted by Crippen LogP contribution is 2.33. The molecular formula is C21H22N8OS. The van der Waals surface area contributed by atoms with E-state index < -0.39 is 0 Å². The molecule has 31 heavy (non-hydrogen) atoms. The number of para-hydroxylation sites is 1. The van der Waals surface area contributed by atoms with Crippen molar-refractivity contribution in [2.75, 3.05) is 24.7 Å². The van der Waals surface area contributed by atoms with Crippen LogP contribution in [-0.4, -0.2) is 43.6 Å². The Balaban J connectivity index is 1.85. The molecule has 10 heteroatoms. The summed E-state index contributed by atoms with van der Waals surface area (Å²) in [6, 6.07) is 11.0. The fourth-order valence-corrected chi connectivity index (χ4v) is 3.99. The molecule has 9 nitrogen and oxygen atoms in total. The van der Waals surface area contributed by atoms with Crippen LogP contribution in [-0.2, 0) is 0 Å². The van der Waals surface area contributed by atoms with Crippen LogP contribution < -0.4 is 16.2 Å². The first-order chi connectivity index (χ1) is 14.8.